The largest absolute Gasteiger partial charge is 0.366 e. The summed E-state index contributed by atoms with van der Waals surface area (Å²) in [4.78, 5) is 17.4. The Balaban J connectivity index is 1.81. The number of carbonyl (C=O) groups excluding carboxylic acids is 1. The molecule has 3 nitrogen and oxygen atoms in total. The normalized spacial score (nSPS) is 35.1. The first-order valence-corrected chi connectivity index (χ1v) is 9.43. The van der Waals surface area contributed by atoms with E-state index < -0.39 is 5.97 Å². The molecule has 3 atom stereocenters. The number of rotatable bonds is 3. The van der Waals surface area contributed by atoms with Crippen LogP contribution >= 0.6 is 31.9 Å². The average Bonchev–Trinajstić information content (AvgIpc) is 2.89. The van der Waals surface area contributed by atoms with Crippen molar-refractivity contribution in [2.24, 2.45) is 21.9 Å². The first kappa shape index (κ1) is 16.2. The lowest BCUT2D eigenvalue weighted by atomic mass is 9.70. The molecule has 0 spiro atoms. The van der Waals surface area contributed by atoms with Gasteiger partial charge in [0.2, 0.25) is 0 Å². The van der Waals surface area contributed by atoms with Gasteiger partial charge in [0.05, 0.1) is 11.3 Å². The van der Waals surface area contributed by atoms with Crippen molar-refractivity contribution in [3.05, 3.63) is 34.3 Å². The highest BCUT2D eigenvalue weighted by atomic mass is 79.9. The molecule has 1 aromatic carbocycles. The third-order valence-corrected chi connectivity index (χ3v) is 7.70. The Morgan fingerprint density at radius 2 is 2.14 bits per heavy atom. The third-order valence-electron chi connectivity index (χ3n) is 5.84. The lowest BCUT2D eigenvalue weighted by Crippen LogP contribution is -2.36. The molecule has 0 heterocycles. The van der Waals surface area contributed by atoms with E-state index in [9.17, 15) is 4.79 Å². The quantitative estimate of drug-likeness (QED) is 0.377. The van der Waals surface area contributed by atoms with E-state index in [-0.39, 0.29) is 10.8 Å². The second kappa shape index (κ2) is 5.75. The summed E-state index contributed by atoms with van der Waals surface area (Å²) in [6.07, 6.45) is 3.28. The number of fused-ring (bicyclic) bond motifs is 2. The van der Waals surface area contributed by atoms with Crippen molar-refractivity contribution in [2.45, 2.75) is 33.1 Å². The second-order valence-corrected chi connectivity index (χ2v) is 8.13. The molecule has 1 aromatic rings. The van der Waals surface area contributed by atoms with Gasteiger partial charge < -0.3 is 4.84 Å². The molecule has 0 aliphatic heterocycles. The minimum Gasteiger partial charge on any atom is -0.313 e. The molecule has 2 bridgehead atoms. The zero-order valence-corrected chi connectivity index (χ0v) is 15.9. The number of hydrogen-bond acceptors (Lipinski definition) is 3. The number of nitrogens with zero attached hydrogens (tertiary/aromatic N) is 1. The van der Waals surface area contributed by atoms with E-state index in [0.29, 0.717) is 11.5 Å². The highest BCUT2D eigenvalue weighted by Crippen LogP contribution is 2.64. The van der Waals surface area contributed by atoms with Crippen molar-refractivity contribution in [3.8, 4) is 0 Å². The monoisotopic (exact) mass is 427 g/mol. The van der Waals surface area contributed by atoms with Gasteiger partial charge in [-0.3, -0.25) is 0 Å². The molecule has 118 valence electrons. The van der Waals surface area contributed by atoms with Gasteiger partial charge in [-0.1, -0.05) is 47.1 Å². The van der Waals surface area contributed by atoms with E-state index in [1.54, 1.807) is 6.07 Å². The van der Waals surface area contributed by atoms with Crippen LogP contribution < -0.4 is 0 Å². The Kier molecular flexibility index (Phi) is 4.23. The molecular weight excluding hydrogens is 410 g/mol. The molecule has 0 aromatic heterocycles. The molecule has 2 aliphatic rings. The van der Waals surface area contributed by atoms with Crippen molar-refractivity contribution in [3.63, 3.8) is 0 Å². The number of carbonyl (C=O) groups is 1. The van der Waals surface area contributed by atoms with E-state index in [4.69, 9.17) is 4.84 Å². The first-order valence-electron chi connectivity index (χ1n) is 7.51. The third kappa shape index (κ3) is 2.28. The zero-order valence-electron chi connectivity index (χ0n) is 12.7. The number of hydrogen-bond donors (Lipinski definition) is 0. The summed E-state index contributed by atoms with van der Waals surface area (Å²) in [5, 5.41) is 5.22. The molecular formula is C17H19Br2NO2. The summed E-state index contributed by atoms with van der Waals surface area (Å²) in [6, 6.07) is 7.24. The molecule has 2 saturated carbocycles. The van der Waals surface area contributed by atoms with E-state index in [2.05, 4.69) is 50.9 Å². The van der Waals surface area contributed by atoms with Crippen LogP contribution in [0.1, 0.15) is 43.5 Å². The number of benzene rings is 1. The maximum atomic E-state index is 12.2. The van der Waals surface area contributed by atoms with Crippen LogP contribution in [0.4, 0.5) is 0 Å². The van der Waals surface area contributed by atoms with Crippen molar-refractivity contribution in [2.75, 3.05) is 5.33 Å². The maximum absolute atomic E-state index is 12.2. The van der Waals surface area contributed by atoms with Gasteiger partial charge in [0.15, 0.2) is 0 Å². The van der Waals surface area contributed by atoms with Gasteiger partial charge >= 0.3 is 5.97 Å². The molecule has 3 unspecified atom stereocenters. The Hall–Kier alpha value is -0.680. The summed E-state index contributed by atoms with van der Waals surface area (Å²) in [7, 11) is 0. The lowest BCUT2D eigenvalue weighted by Gasteiger charge is -2.36. The Bertz CT molecular complexity index is 645. The van der Waals surface area contributed by atoms with Gasteiger partial charge in [0.25, 0.3) is 0 Å². The Morgan fingerprint density at radius 3 is 2.77 bits per heavy atom. The molecule has 2 aliphatic carbocycles. The van der Waals surface area contributed by atoms with Crippen LogP contribution in [0, 0.1) is 16.7 Å². The number of oxime groups is 1. The molecule has 5 heteroatoms. The Labute approximate surface area is 147 Å². The standard InChI is InChI=1S/C17H19Br2NO2/c1-16-8-7-11(17(16,2)10-18)9-14(16)20-22-15(21)12-5-3-4-6-13(12)19/h3-6,11H,7-10H2,1-2H3/b20-14+. The molecule has 2 fully saturated rings. The number of alkyl halides is 1. The minimum atomic E-state index is -0.410. The molecule has 3 rings (SSSR count). The maximum Gasteiger partial charge on any atom is 0.366 e. The van der Waals surface area contributed by atoms with Gasteiger partial charge in [-0.2, -0.15) is 0 Å². The highest BCUT2D eigenvalue weighted by molar-refractivity contribution is 9.10. The van der Waals surface area contributed by atoms with Gasteiger partial charge in [0.1, 0.15) is 0 Å². The summed E-state index contributed by atoms with van der Waals surface area (Å²) < 4.78 is 0.727. The number of halogens is 2. The highest BCUT2D eigenvalue weighted by Gasteiger charge is 2.62. The fourth-order valence-corrected chi connectivity index (χ4v) is 5.47. The smallest absolute Gasteiger partial charge is 0.313 e. The van der Waals surface area contributed by atoms with Crippen LogP contribution in [0.3, 0.4) is 0 Å². The van der Waals surface area contributed by atoms with Gasteiger partial charge in [-0.25, -0.2) is 4.79 Å². The molecule has 0 amide bonds. The van der Waals surface area contributed by atoms with Crippen LogP contribution in [0.15, 0.2) is 33.9 Å². The second-order valence-electron chi connectivity index (χ2n) is 6.72. The summed E-state index contributed by atoms with van der Waals surface area (Å²) >= 11 is 7.04. The summed E-state index contributed by atoms with van der Waals surface area (Å²) in [5.74, 6) is 0.213. The van der Waals surface area contributed by atoms with Gasteiger partial charge in [0, 0.05) is 15.2 Å². The van der Waals surface area contributed by atoms with Crippen molar-refractivity contribution < 1.29 is 9.63 Å². The van der Waals surface area contributed by atoms with E-state index in [1.165, 1.54) is 6.42 Å². The van der Waals surface area contributed by atoms with E-state index >= 15 is 0 Å². The average molecular weight is 429 g/mol. The molecule has 0 N–H and O–H groups in total. The van der Waals surface area contributed by atoms with Gasteiger partial charge in [-0.05, 0) is 58.7 Å². The van der Waals surface area contributed by atoms with Crippen molar-refractivity contribution >= 4 is 43.5 Å². The van der Waals surface area contributed by atoms with Crippen LogP contribution in [-0.2, 0) is 4.84 Å². The minimum absolute atomic E-state index is 0.0232. The van der Waals surface area contributed by atoms with Crippen LogP contribution in [0.5, 0.6) is 0 Å². The molecule has 0 saturated heterocycles. The molecule has 22 heavy (non-hydrogen) atoms. The predicted molar refractivity (Wildman–Crippen MR) is 94.3 cm³/mol. The topological polar surface area (TPSA) is 38.7 Å². The SMILES string of the molecule is CC12CCC(C/C1=N\OC(=O)c1ccccc1Br)C2(C)CBr. The Morgan fingerprint density at radius 1 is 1.41 bits per heavy atom. The zero-order chi connectivity index (χ0) is 16.0. The predicted octanol–water partition coefficient (Wildman–Crippen LogP) is 5.18. The van der Waals surface area contributed by atoms with Gasteiger partial charge in [-0.15, -0.1) is 0 Å². The summed E-state index contributed by atoms with van der Waals surface area (Å²) in [5.41, 5.74) is 1.76. The lowest BCUT2D eigenvalue weighted by molar-refractivity contribution is 0.0507. The fraction of sp³-hybridized carbons (Fsp3) is 0.529. The first-order chi connectivity index (χ1) is 10.4. The van der Waals surface area contributed by atoms with E-state index in [1.807, 2.05) is 18.2 Å². The molecule has 0 radical (unpaired) electrons. The fourth-order valence-electron chi connectivity index (χ4n) is 3.94. The van der Waals surface area contributed by atoms with Crippen molar-refractivity contribution in [1.82, 2.24) is 0 Å². The van der Waals surface area contributed by atoms with Crippen LogP contribution in [-0.4, -0.2) is 17.0 Å². The summed E-state index contributed by atoms with van der Waals surface area (Å²) in [6.45, 7) is 4.57. The van der Waals surface area contributed by atoms with Crippen LogP contribution in [0.25, 0.3) is 0 Å². The van der Waals surface area contributed by atoms with E-state index in [0.717, 1.165) is 28.4 Å². The van der Waals surface area contributed by atoms with Crippen molar-refractivity contribution in [1.29, 1.82) is 0 Å². The van der Waals surface area contributed by atoms with Crippen LogP contribution in [0.2, 0.25) is 0 Å².